The van der Waals surface area contributed by atoms with Gasteiger partial charge in [0.05, 0.1) is 44.8 Å². The number of anilines is 2. The zero-order valence-electron chi connectivity index (χ0n) is 39.4. The van der Waals surface area contributed by atoms with Crippen LogP contribution in [0.25, 0.3) is 22.8 Å². The lowest BCUT2D eigenvalue weighted by molar-refractivity contribution is -0.274. The first-order valence-electron chi connectivity index (χ1n) is 21.5. The minimum absolute atomic E-state index is 0.0108. The third-order valence-corrected chi connectivity index (χ3v) is 12.9. The van der Waals surface area contributed by atoms with Gasteiger partial charge >= 0.3 is 11.3 Å². The van der Waals surface area contributed by atoms with Crippen molar-refractivity contribution in [2.24, 2.45) is 11.7 Å². The number of nitrogens with zero attached hydrogens (tertiary/aromatic N) is 6. The normalized spacial score (nSPS) is 14.5. The Labute approximate surface area is 453 Å². The number of halogens is 6. The largest absolute Gasteiger partial charge is 0.573 e. The lowest BCUT2D eigenvalue weighted by Crippen LogP contribution is -2.24. The van der Waals surface area contributed by atoms with Gasteiger partial charge in [-0.05, 0) is 155 Å². The van der Waals surface area contributed by atoms with Gasteiger partial charge in [0.1, 0.15) is 28.0 Å². The van der Waals surface area contributed by atoms with Crippen LogP contribution in [0.1, 0.15) is 34.1 Å². The van der Waals surface area contributed by atoms with E-state index in [1.54, 1.807) is 104 Å². The number of carbonyl (C=O) groups is 4. The van der Waals surface area contributed by atoms with Crippen molar-refractivity contribution in [3.63, 3.8) is 0 Å². The second-order valence-corrected chi connectivity index (χ2v) is 18.6. The molecule has 4 heterocycles. The van der Waals surface area contributed by atoms with Crippen molar-refractivity contribution in [1.82, 2.24) is 13.7 Å². The number of methoxy groups -OCH3 is 3. The van der Waals surface area contributed by atoms with Gasteiger partial charge in [-0.25, -0.2) is 9.78 Å². The second-order valence-electron chi connectivity index (χ2n) is 15.1. The van der Waals surface area contributed by atoms with Crippen molar-refractivity contribution in [3.8, 4) is 51.9 Å². The number of ether oxygens (including phenoxy) is 4. The van der Waals surface area contributed by atoms with Crippen molar-refractivity contribution in [2.45, 2.75) is 25.1 Å². The van der Waals surface area contributed by atoms with E-state index in [4.69, 9.17) is 51.9 Å². The Morgan fingerprint density at radius 2 is 1.21 bits per heavy atom. The van der Waals surface area contributed by atoms with Crippen LogP contribution in [0.2, 0.25) is 5.02 Å². The van der Waals surface area contributed by atoms with Crippen molar-refractivity contribution in [3.05, 3.63) is 147 Å². The van der Waals surface area contributed by atoms with Gasteiger partial charge in [0.2, 0.25) is 23.6 Å². The average Bonchev–Trinajstić information content (AvgIpc) is 4.25. The van der Waals surface area contributed by atoms with Gasteiger partial charge in [-0.2, -0.15) is 9.64 Å². The summed E-state index contributed by atoms with van der Waals surface area (Å²) >= 11 is 12.5. The molecule has 0 saturated carbocycles. The first-order chi connectivity index (χ1) is 35.8. The van der Waals surface area contributed by atoms with Crippen LogP contribution in [-0.4, -0.2) is 76.8 Å². The molecule has 2 aromatic heterocycles. The van der Waals surface area contributed by atoms with E-state index in [-0.39, 0.29) is 29.4 Å². The zero-order valence-corrected chi connectivity index (χ0v) is 44.1. The monoisotopic (exact) mass is 1150 g/mol. The lowest BCUT2D eigenvalue weighted by Gasteiger charge is -2.16. The van der Waals surface area contributed by atoms with Crippen molar-refractivity contribution in [2.75, 3.05) is 44.2 Å². The summed E-state index contributed by atoms with van der Waals surface area (Å²) < 4.78 is 68.0. The molecule has 0 spiro atoms. The molecule has 2 saturated heterocycles. The molecule has 392 valence electrons. The van der Waals surface area contributed by atoms with E-state index < -0.39 is 21.8 Å². The molecule has 2 fully saturated rings. The predicted molar refractivity (Wildman–Crippen MR) is 281 cm³/mol. The highest BCUT2D eigenvalue weighted by atomic mass is 35.7. The SMILES string of the molecule is COc1ccc(-c2nsc(=O)o2)cc1.COc1ccc(C(N)=O)cc1.COc1ccc(N2CC(C#N)CC2=O)cc1.O=C(Cl)SCl.O=C1CC(c2nc(-c3ccc(OC(F)(F)F)cc3)ns2)CN1c1ccc(Cl)cc1. The summed E-state index contributed by atoms with van der Waals surface area (Å²) in [5.74, 6) is 1.97. The fourth-order valence-corrected chi connectivity index (χ4v) is 7.97. The first kappa shape index (κ1) is 58.7. The Balaban J connectivity index is 0.000000192. The van der Waals surface area contributed by atoms with Crippen LogP contribution in [0.4, 0.5) is 29.3 Å². The number of hydrogen-bond acceptors (Lipinski definition) is 17. The standard InChI is InChI=1S/C19H13ClF3N3O2S.C12H12N2O2.C9H7NO3S.C8H9NO2.CCl2OS/c20-13-3-5-14(6-4-13)26-10-12(9-16(26)27)18-24-17(25-29-18)11-1-7-15(8-2-11)28-19(21,22)23;1-16-11-4-2-10(3-5-11)14-8-9(7-13)6-12(14)15;1-12-7-4-2-6(3-5-7)8-10-14-9(11)13-8;1-11-7-4-2-6(3-5-7)8(9)10;2-1(4)5-3/h1-8,12H,9-10H2;2-5,9H,6,8H2,1H3;2-5H,1H3;2-5H,1H3,(H2,9,10);. The number of amides is 3. The maximum Gasteiger partial charge on any atom is 0.573 e. The number of primary amides is 1. The second kappa shape index (κ2) is 28.5. The molecule has 2 aliphatic heterocycles. The summed E-state index contributed by atoms with van der Waals surface area (Å²) in [5.41, 5.74) is 8.45. The lowest BCUT2D eigenvalue weighted by atomic mass is 10.1. The summed E-state index contributed by atoms with van der Waals surface area (Å²) in [7, 11) is 10.0. The molecule has 3 amide bonds. The number of alkyl halides is 3. The van der Waals surface area contributed by atoms with Gasteiger partial charge in [0.25, 0.3) is 4.57 Å². The molecule has 7 aromatic rings. The van der Waals surface area contributed by atoms with E-state index in [2.05, 4.69) is 36.1 Å². The summed E-state index contributed by atoms with van der Waals surface area (Å²) in [6.07, 6.45) is -4.10. The van der Waals surface area contributed by atoms with Crippen molar-refractivity contribution >= 4 is 102 Å². The molecule has 2 N–H and O–H groups in total. The van der Waals surface area contributed by atoms with Gasteiger partial charge in [-0.15, -0.1) is 17.5 Å². The van der Waals surface area contributed by atoms with E-state index in [1.165, 1.54) is 35.8 Å². The van der Waals surface area contributed by atoms with Crippen LogP contribution in [0.5, 0.6) is 23.0 Å². The molecule has 5 aromatic carbocycles. The number of carbonyl (C=O) groups excluding carboxylic acids is 4. The Bertz CT molecular complexity index is 3090. The molecule has 2 aliphatic rings. The molecule has 17 nitrogen and oxygen atoms in total. The van der Waals surface area contributed by atoms with Gasteiger partial charge in [0, 0.05) is 75.9 Å². The van der Waals surface area contributed by atoms with Gasteiger partial charge < -0.3 is 38.9 Å². The third kappa shape index (κ3) is 18.3. The van der Waals surface area contributed by atoms with Gasteiger partial charge in [-0.1, -0.05) is 11.6 Å². The molecule has 2 atom stereocenters. The predicted octanol–water partition coefficient (Wildman–Crippen LogP) is 11.6. The minimum atomic E-state index is -4.74. The Morgan fingerprint density at radius 1 is 0.733 bits per heavy atom. The van der Waals surface area contributed by atoms with Crippen LogP contribution < -0.4 is 39.4 Å². The van der Waals surface area contributed by atoms with E-state index in [0.29, 0.717) is 69.8 Å². The molecule has 75 heavy (non-hydrogen) atoms. The summed E-state index contributed by atoms with van der Waals surface area (Å²) in [6.45, 7) is 0.967. The topological polar surface area (TPSA) is 230 Å². The molecule has 2 unspecified atom stereocenters. The Morgan fingerprint density at radius 3 is 1.68 bits per heavy atom. The molecular formula is C49H41Cl3F3N7O10S3. The van der Waals surface area contributed by atoms with E-state index in [1.807, 2.05) is 24.3 Å². The number of rotatable bonds is 10. The summed E-state index contributed by atoms with van der Waals surface area (Å²) in [5, 5.41) is 10.1. The highest BCUT2D eigenvalue weighted by Crippen LogP contribution is 2.35. The van der Waals surface area contributed by atoms with Crippen molar-refractivity contribution < 1.29 is 55.7 Å². The third-order valence-electron chi connectivity index (χ3n) is 10.2. The van der Waals surface area contributed by atoms with Crippen LogP contribution >= 0.6 is 67.9 Å². The maximum atomic E-state index is 12.4. The smallest absolute Gasteiger partial charge is 0.497 e. The molecule has 0 radical (unpaired) electrons. The molecular weight excluding hydrogens is 1110 g/mol. The Kier molecular flexibility index (Phi) is 22.3. The summed E-state index contributed by atoms with van der Waals surface area (Å²) in [6, 6.07) is 35.6. The summed E-state index contributed by atoms with van der Waals surface area (Å²) in [4.78, 5) is 62.2. The molecule has 9 rings (SSSR count). The number of aromatic nitrogens is 3. The van der Waals surface area contributed by atoms with Gasteiger partial charge in [-0.3, -0.25) is 19.2 Å². The van der Waals surface area contributed by atoms with Crippen LogP contribution in [0.15, 0.2) is 131 Å². The fourth-order valence-electron chi connectivity index (χ4n) is 6.67. The quantitative estimate of drug-likeness (QED) is 0.126. The van der Waals surface area contributed by atoms with E-state index >= 15 is 0 Å². The number of benzene rings is 5. The number of nitriles is 1. The number of hydrogen-bond donors (Lipinski definition) is 1. The van der Waals surface area contributed by atoms with Crippen LogP contribution in [0, 0.1) is 17.2 Å². The van der Waals surface area contributed by atoms with Gasteiger partial charge in [0.15, 0.2) is 5.82 Å². The number of nitrogens with two attached hydrogens (primary N) is 1. The van der Waals surface area contributed by atoms with Crippen molar-refractivity contribution in [1.29, 1.82) is 5.26 Å². The zero-order chi connectivity index (χ0) is 54.7. The fraction of sp³-hybridized carbons (Fsp3) is 0.204. The average molecular weight is 1150 g/mol. The molecule has 0 aliphatic carbocycles. The van der Waals surface area contributed by atoms with Crippen LogP contribution in [-0.2, 0) is 9.59 Å². The minimum Gasteiger partial charge on any atom is -0.497 e. The van der Waals surface area contributed by atoms with Crippen LogP contribution in [0.3, 0.4) is 0 Å². The van der Waals surface area contributed by atoms with E-state index in [0.717, 1.165) is 45.7 Å². The molecule has 26 heteroatoms. The van der Waals surface area contributed by atoms with E-state index in [9.17, 15) is 37.1 Å². The first-order valence-corrected chi connectivity index (χ1v) is 25.4. The maximum absolute atomic E-state index is 12.4. The molecule has 0 bridgehead atoms. The highest BCUT2D eigenvalue weighted by molar-refractivity contribution is 8.34. The Hall–Kier alpha value is -7.20. The highest BCUT2D eigenvalue weighted by Gasteiger charge is 2.34.